The number of hydrogen-bond acceptors (Lipinski definition) is 6. The molecule has 0 aliphatic rings. The number of H-pyrrole nitrogens is 1. The second-order valence-electron chi connectivity index (χ2n) is 5.41. The van der Waals surface area contributed by atoms with E-state index in [1.807, 2.05) is 12.3 Å². The summed E-state index contributed by atoms with van der Waals surface area (Å²) < 4.78 is 31.8. The number of fused-ring (bicyclic) bond motifs is 2. The molecule has 3 heterocycles. The number of nitrogens with two attached hydrogens (primary N) is 1. The number of nitrogens with one attached hydrogen (secondary N) is 1. The van der Waals surface area contributed by atoms with Crippen LogP contribution in [0.15, 0.2) is 35.5 Å². The smallest absolute Gasteiger partial charge is 0.240 e. The van der Waals surface area contributed by atoms with Gasteiger partial charge in [-0.3, -0.25) is 0 Å². The molecule has 0 radical (unpaired) electrons. The van der Waals surface area contributed by atoms with Crippen molar-refractivity contribution in [2.75, 3.05) is 0 Å². The monoisotopic (exact) mass is 359 g/mol. The molecule has 3 N–H and O–H groups in total. The van der Waals surface area contributed by atoms with E-state index in [0.29, 0.717) is 11.0 Å². The average Bonchev–Trinajstić information content (AvgIpc) is 3.18. The zero-order chi connectivity index (χ0) is 16.9. The van der Waals surface area contributed by atoms with Crippen LogP contribution in [0.4, 0.5) is 0 Å². The van der Waals surface area contributed by atoms with Crippen LogP contribution >= 0.6 is 11.7 Å². The Labute approximate surface area is 141 Å². The van der Waals surface area contributed by atoms with E-state index in [0.717, 1.165) is 40.3 Å². The molecule has 9 heteroatoms. The minimum atomic E-state index is -3.85. The maximum Gasteiger partial charge on any atom is 0.240 e. The summed E-state index contributed by atoms with van der Waals surface area (Å²) in [7, 11) is -3.85. The van der Waals surface area contributed by atoms with Gasteiger partial charge in [-0.2, -0.15) is 8.75 Å². The highest BCUT2D eigenvalue weighted by Crippen LogP contribution is 2.32. The first-order chi connectivity index (χ1) is 11.5. The number of sulfonamides is 1. The van der Waals surface area contributed by atoms with Gasteiger partial charge in [0.1, 0.15) is 21.6 Å². The molecule has 122 valence electrons. The number of aromatic nitrogens is 4. The van der Waals surface area contributed by atoms with Crippen LogP contribution in [0.2, 0.25) is 0 Å². The zero-order valence-electron chi connectivity index (χ0n) is 12.6. The maximum absolute atomic E-state index is 11.7. The van der Waals surface area contributed by atoms with Crippen molar-refractivity contribution < 1.29 is 8.42 Å². The first-order valence-corrected chi connectivity index (χ1v) is 9.51. The first kappa shape index (κ1) is 15.2. The minimum Gasteiger partial charge on any atom is -0.346 e. The number of aryl methyl sites for hydroxylation is 1. The van der Waals surface area contributed by atoms with Crippen LogP contribution in [0, 0.1) is 0 Å². The molecule has 0 saturated heterocycles. The quantitative estimate of drug-likeness (QED) is 0.583. The highest BCUT2D eigenvalue weighted by atomic mass is 32.2. The minimum absolute atomic E-state index is 0.0140. The van der Waals surface area contributed by atoms with Crippen molar-refractivity contribution in [1.29, 1.82) is 0 Å². The molecular weight excluding hydrogens is 346 g/mol. The molecule has 0 unspecified atom stereocenters. The van der Waals surface area contributed by atoms with E-state index in [-0.39, 0.29) is 4.90 Å². The van der Waals surface area contributed by atoms with Crippen LogP contribution in [-0.2, 0) is 16.4 Å². The summed E-state index contributed by atoms with van der Waals surface area (Å²) >= 11 is 0.958. The van der Waals surface area contributed by atoms with Gasteiger partial charge < -0.3 is 4.98 Å². The van der Waals surface area contributed by atoms with Crippen molar-refractivity contribution in [3.8, 4) is 11.1 Å². The summed E-state index contributed by atoms with van der Waals surface area (Å²) in [4.78, 5) is 7.58. The van der Waals surface area contributed by atoms with Crippen LogP contribution in [-0.4, -0.2) is 27.1 Å². The third-order valence-corrected chi connectivity index (χ3v) is 5.46. The van der Waals surface area contributed by atoms with Gasteiger partial charge in [-0.1, -0.05) is 13.0 Å². The van der Waals surface area contributed by atoms with Crippen molar-refractivity contribution in [3.05, 3.63) is 36.2 Å². The normalized spacial score (nSPS) is 12.2. The summed E-state index contributed by atoms with van der Waals surface area (Å²) in [5.41, 5.74) is 4.45. The Morgan fingerprint density at radius 1 is 1.25 bits per heavy atom. The molecule has 0 atom stereocenters. The van der Waals surface area contributed by atoms with Gasteiger partial charge in [-0.25, -0.2) is 18.5 Å². The Bertz CT molecular complexity index is 1180. The lowest BCUT2D eigenvalue weighted by atomic mass is 10.0. The van der Waals surface area contributed by atoms with Crippen molar-refractivity contribution in [2.24, 2.45) is 5.14 Å². The lowest BCUT2D eigenvalue weighted by molar-refractivity contribution is 0.598. The van der Waals surface area contributed by atoms with E-state index in [9.17, 15) is 8.42 Å². The molecule has 0 spiro atoms. The fourth-order valence-electron chi connectivity index (χ4n) is 2.80. The van der Waals surface area contributed by atoms with E-state index < -0.39 is 10.0 Å². The summed E-state index contributed by atoms with van der Waals surface area (Å²) in [6.45, 7) is 2.08. The molecular formula is C15H13N5O2S2. The van der Waals surface area contributed by atoms with Crippen LogP contribution in [0.3, 0.4) is 0 Å². The van der Waals surface area contributed by atoms with Crippen molar-refractivity contribution in [2.45, 2.75) is 18.2 Å². The summed E-state index contributed by atoms with van der Waals surface area (Å²) in [5.74, 6) is 0. The summed E-state index contributed by atoms with van der Waals surface area (Å²) in [6, 6.07) is 5.20. The van der Waals surface area contributed by atoms with Crippen LogP contribution in [0.1, 0.15) is 12.5 Å². The Morgan fingerprint density at radius 2 is 2.04 bits per heavy atom. The SMILES string of the molecule is CCc1c[nH]c2ncc(-c3ccc(S(N)(=O)=O)c4nsnc34)cc12. The third kappa shape index (κ3) is 2.29. The fraction of sp³-hybridized carbons (Fsp3) is 0.133. The summed E-state index contributed by atoms with van der Waals surface area (Å²) in [5, 5.41) is 6.31. The molecule has 0 aliphatic carbocycles. The van der Waals surface area contributed by atoms with Gasteiger partial charge in [-0.15, -0.1) is 0 Å². The lowest BCUT2D eigenvalue weighted by Gasteiger charge is -2.05. The van der Waals surface area contributed by atoms with Gasteiger partial charge in [0.25, 0.3) is 0 Å². The number of hydrogen-bond donors (Lipinski definition) is 2. The molecule has 3 aromatic heterocycles. The Morgan fingerprint density at radius 3 is 2.79 bits per heavy atom. The predicted octanol–water partition coefficient (Wildman–Crippen LogP) is 2.44. The number of benzene rings is 1. The molecule has 0 aliphatic heterocycles. The van der Waals surface area contributed by atoms with Gasteiger partial charge >= 0.3 is 0 Å². The van der Waals surface area contributed by atoms with Gasteiger partial charge in [0.15, 0.2) is 0 Å². The van der Waals surface area contributed by atoms with E-state index in [4.69, 9.17) is 5.14 Å². The Hall–Kier alpha value is -2.36. The summed E-state index contributed by atoms with van der Waals surface area (Å²) in [6.07, 6.45) is 4.58. The number of nitrogens with zero attached hydrogens (tertiary/aromatic N) is 3. The van der Waals surface area contributed by atoms with Crippen LogP contribution in [0.5, 0.6) is 0 Å². The standard InChI is InChI=1S/C15H13N5O2S2/c1-2-8-6-17-15-11(8)5-9(7-18-15)10-3-4-12(24(16,21)22)14-13(10)19-23-20-14/h3-7H,2H2,1H3,(H,17,18)(H2,16,21,22). The molecule has 0 fully saturated rings. The second-order valence-corrected chi connectivity index (χ2v) is 7.46. The van der Waals surface area contributed by atoms with Crippen molar-refractivity contribution in [1.82, 2.24) is 18.7 Å². The Kier molecular flexibility index (Phi) is 3.37. The van der Waals surface area contributed by atoms with Gasteiger partial charge in [0.2, 0.25) is 10.0 Å². The van der Waals surface area contributed by atoms with Crippen LogP contribution < -0.4 is 5.14 Å². The molecule has 0 bridgehead atoms. The number of aromatic amines is 1. The van der Waals surface area contributed by atoms with E-state index in [1.165, 1.54) is 11.6 Å². The molecule has 7 nitrogen and oxygen atoms in total. The van der Waals surface area contributed by atoms with Crippen molar-refractivity contribution >= 4 is 43.8 Å². The first-order valence-electron chi connectivity index (χ1n) is 7.23. The highest BCUT2D eigenvalue weighted by molar-refractivity contribution is 7.89. The third-order valence-electron chi connectivity index (χ3n) is 3.99. The van der Waals surface area contributed by atoms with E-state index in [1.54, 1.807) is 12.3 Å². The molecule has 4 aromatic rings. The van der Waals surface area contributed by atoms with Gasteiger partial charge in [0.05, 0.1) is 11.7 Å². The highest BCUT2D eigenvalue weighted by Gasteiger charge is 2.19. The molecule has 0 amide bonds. The topological polar surface area (TPSA) is 115 Å². The largest absolute Gasteiger partial charge is 0.346 e. The number of rotatable bonds is 3. The van der Waals surface area contributed by atoms with E-state index in [2.05, 4.69) is 25.6 Å². The van der Waals surface area contributed by atoms with Crippen LogP contribution in [0.25, 0.3) is 33.2 Å². The molecule has 4 rings (SSSR count). The second kappa shape index (κ2) is 5.33. The molecule has 24 heavy (non-hydrogen) atoms. The number of pyridine rings is 1. The predicted molar refractivity (Wildman–Crippen MR) is 93.3 cm³/mol. The van der Waals surface area contributed by atoms with Crippen molar-refractivity contribution in [3.63, 3.8) is 0 Å². The fourth-order valence-corrected chi connectivity index (χ4v) is 4.11. The molecule has 0 saturated carbocycles. The zero-order valence-corrected chi connectivity index (χ0v) is 14.3. The maximum atomic E-state index is 11.7. The van der Waals surface area contributed by atoms with Gasteiger partial charge in [0, 0.05) is 28.9 Å². The van der Waals surface area contributed by atoms with Gasteiger partial charge in [-0.05, 0) is 24.1 Å². The number of primary sulfonamides is 1. The molecule has 1 aromatic carbocycles. The van der Waals surface area contributed by atoms with E-state index >= 15 is 0 Å². The Balaban J connectivity index is 1.99. The average molecular weight is 359 g/mol. The lowest BCUT2D eigenvalue weighted by Crippen LogP contribution is -2.12.